The summed E-state index contributed by atoms with van der Waals surface area (Å²) in [6, 6.07) is 2.78. The number of anilines is 1. The number of nitrogens with one attached hydrogen (secondary N) is 5. The molecule has 0 aromatic heterocycles. The minimum atomic E-state index is -1.36. The van der Waals surface area contributed by atoms with Gasteiger partial charge in [-0.3, -0.25) is 28.8 Å². The standard InChI is InChI=1S/C28H44N6O7.2C2H6/c1-15(2)12-21(26(38)32-20-10-8-19(9-11-20)14-41-28(40)16(3)4)34-27(39)22(13-23(29)35)33-25(37)18(6)31-24(36)17(5)30-7;2*1-2/h8-11,15-18,21-22,30H,12-14H2,1-7H3,(H2,29,35)(H,31,36)(H,32,38)(H,33,37)(H,34,39);2*1-2H3. The van der Waals surface area contributed by atoms with Gasteiger partial charge in [0, 0.05) is 5.69 Å². The molecule has 4 atom stereocenters. The summed E-state index contributed by atoms with van der Waals surface area (Å²) in [5.74, 6) is -3.79. The van der Waals surface area contributed by atoms with Crippen molar-refractivity contribution in [3.8, 4) is 0 Å². The summed E-state index contributed by atoms with van der Waals surface area (Å²) < 4.78 is 5.20. The number of amides is 5. The van der Waals surface area contributed by atoms with Crippen LogP contribution in [-0.4, -0.2) is 66.7 Å². The molecular formula is C32H56N6O7. The number of primary amides is 1. The van der Waals surface area contributed by atoms with Gasteiger partial charge in [-0.1, -0.05) is 67.5 Å². The van der Waals surface area contributed by atoms with E-state index in [4.69, 9.17) is 10.5 Å². The summed E-state index contributed by atoms with van der Waals surface area (Å²) in [4.78, 5) is 74.4. The van der Waals surface area contributed by atoms with Crippen LogP contribution < -0.4 is 32.3 Å². The monoisotopic (exact) mass is 636 g/mol. The average Bonchev–Trinajstić information content (AvgIpc) is 3.00. The second kappa shape index (κ2) is 23.4. The predicted octanol–water partition coefficient (Wildman–Crippen LogP) is 2.38. The number of ether oxygens (including phenoxy) is 1. The zero-order valence-electron chi connectivity index (χ0n) is 28.8. The average molecular weight is 637 g/mol. The topological polar surface area (TPSA) is 198 Å². The van der Waals surface area contributed by atoms with Crippen LogP contribution >= 0.6 is 0 Å². The number of rotatable bonds is 16. The number of likely N-dealkylation sites (N-methyl/N-ethyl adjacent to an activating group) is 1. The Morgan fingerprint density at radius 3 is 1.69 bits per heavy atom. The first-order chi connectivity index (χ1) is 21.1. The maximum Gasteiger partial charge on any atom is 0.308 e. The molecule has 0 bridgehead atoms. The summed E-state index contributed by atoms with van der Waals surface area (Å²) in [6.45, 7) is 18.4. The van der Waals surface area contributed by atoms with Gasteiger partial charge in [0.1, 0.15) is 24.7 Å². The zero-order valence-corrected chi connectivity index (χ0v) is 28.8. The third-order valence-electron chi connectivity index (χ3n) is 6.03. The molecule has 0 aliphatic heterocycles. The van der Waals surface area contributed by atoms with Gasteiger partial charge in [0.25, 0.3) is 0 Å². The predicted molar refractivity (Wildman–Crippen MR) is 176 cm³/mol. The maximum atomic E-state index is 13.1. The lowest BCUT2D eigenvalue weighted by molar-refractivity contribution is -0.148. The van der Waals surface area contributed by atoms with Gasteiger partial charge < -0.3 is 37.1 Å². The van der Waals surface area contributed by atoms with Crippen LogP contribution in [0.3, 0.4) is 0 Å². The lowest BCUT2D eigenvalue weighted by atomic mass is 10.0. The summed E-state index contributed by atoms with van der Waals surface area (Å²) in [7, 11) is 1.59. The molecular weight excluding hydrogens is 580 g/mol. The van der Waals surface area contributed by atoms with Gasteiger partial charge in [0.2, 0.25) is 29.5 Å². The molecule has 45 heavy (non-hydrogen) atoms. The summed E-state index contributed by atoms with van der Waals surface area (Å²) in [5, 5.41) is 13.1. The highest BCUT2D eigenvalue weighted by molar-refractivity contribution is 6.00. The summed E-state index contributed by atoms with van der Waals surface area (Å²) >= 11 is 0. The van der Waals surface area contributed by atoms with E-state index in [9.17, 15) is 28.8 Å². The van der Waals surface area contributed by atoms with Crippen molar-refractivity contribution in [2.45, 2.75) is 113 Å². The Morgan fingerprint density at radius 1 is 0.711 bits per heavy atom. The quantitative estimate of drug-likeness (QED) is 0.149. The number of esters is 1. The molecule has 0 aliphatic carbocycles. The Bertz CT molecular complexity index is 1080. The highest BCUT2D eigenvalue weighted by Gasteiger charge is 2.30. The van der Waals surface area contributed by atoms with Crippen molar-refractivity contribution < 1.29 is 33.5 Å². The van der Waals surface area contributed by atoms with Crippen LogP contribution in [0.4, 0.5) is 5.69 Å². The Labute approximate surface area is 268 Å². The molecule has 7 N–H and O–H groups in total. The summed E-state index contributed by atoms with van der Waals surface area (Å²) in [5.41, 5.74) is 6.50. The molecule has 13 nitrogen and oxygen atoms in total. The normalized spacial score (nSPS) is 12.9. The molecule has 5 amide bonds. The van der Waals surface area contributed by atoms with E-state index in [0.717, 1.165) is 5.56 Å². The van der Waals surface area contributed by atoms with Crippen molar-refractivity contribution in [3.05, 3.63) is 29.8 Å². The van der Waals surface area contributed by atoms with Crippen molar-refractivity contribution in [3.63, 3.8) is 0 Å². The van der Waals surface area contributed by atoms with E-state index in [2.05, 4.69) is 26.6 Å². The zero-order chi connectivity index (χ0) is 35.3. The molecule has 256 valence electrons. The van der Waals surface area contributed by atoms with E-state index >= 15 is 0 Å². The molecule has 0 spiro atoms. The van der Waals surface area contributed by atoms with Gasteiger partial charge in [-0.2, -0.15) is 0 Å². The first kappa shape index (κ1) is 43.1. The summed E-state index contributed by atoms with van der Waals surface area (Å²) in [6.07, 6.45) is -0.240. The first-order valence-electron chi connectivity index (χ1n) is 15.6. The van der Waals surface area contributed by atoms with Gasteiger partial charge in [-0.25, -0.2) is 0 Å². The van der Waals surface area contributed by atoms with E-state index in [1.165, 1.54) is 6.92 Å². The molecule has 0 radical (unpaired) electrons. The SMILES string of the molecule is CC.CC.CNC(C)C(=O)NC(C)C(=O)NC(CC(N)=O)C(=O)NC(CC(C)C)C(=O)Nc1ccc(COC(=O)C(C)C)cc1. The number of carbonyl (C=O) groups is 6. The van der Waals surface area contributed by atoms with Gasteiger partial charge in [-0.15, -0.1) is 0 Å². The Morgan fingerprint density at radius 2 is 1.22 bits per heavy atom. The molecule has 0 saturated heterocycles. The van der Waals surface area contributed by atoms with Crippen LogP contribution in [0.1, 0.15) is 87.6 Å². The van der Waals surface area contributed by atoms with Crippen LogP contribution in [0.5, 0.6) is 0 Å². The Kier molecular flexibility index (Phi) is 22.4. The van der Waals surface area contributed by atoms with Crippen LogP contribution in [0.15, 0.2) is 24.3 Å². The smallest absolute Gasteiger partial charge is 0.308 e. The van der Waals surface area contributed by atoms with E-state index in [-0.39, 0.29) is 30.8 Å². The number of hydrogen-bond acceptors (Lipinski definition) is 8. The number of carbonyl (C=O) groups excluding carboxylic acids is 6. The van der Waals surface area contributed by atoms with E-state index < -0.39 is 60.1 Å². The molecule has 0 saturated carbocycles. The van der Waals surface area contributed by atoms with Gasteiger partial charge >= 0.3 is 5.97 Å². The first-order valence-corrected chi connectivity index (χ1v) is 15.6. The third-order valence-corrected chi connectivity index (χ3v) is 6.03. The second-order valence-electron chi connectivity index (χ2n) is 10.6. The Balaban J connectivity index is 0. The molecule has 0 aliphatic rings. The Hall–Kier alpha value is -4.00. The van der Waals surface area contributed by atoms with E-state index in [1.54, 1.807) is 52.1 Å². The minimum absolute atomic E-state index is 0.0117. The molecule has 4 unspecified atom stereocenters. The fourth-order valence-electron chi connectivity index (χ4n) is 3.45. The highest BCUT2D eigenvalue weighted by Crippen LogP contribution is 2.14. The van der Waals surface area contributed by atoms with Gasteiger partial charge in [0.15, 0.2) is 0 Å². The lowest BCUT2D eigenvalue weighted by Gasteiger charge is -2.25. The fraction of sp³-hybridized carbons (Fsp3) is 0.625. The van der Waals surface area contributed by atoms with E-state index in [0.29, 0.717) is 5.69 Å². The van der Waals surface area contributed by atoms with Gasteiger partial charge in [-0.05, 0) is 50.9 Å². The molecule has 0 fully saturated rings. The van der Waals surface area contributed by atoms with E-state index in [1.807, 2.05) is 41.5 Å². The van der Waals surface area contributed by atoms with Crippen molar-refractivity contribution in [1.29, 1.82) is 0 Å². The second-order valence-corrected chi connectivity index (χ2v) is 10.6. The third kappa shape index (κ3) is 17.8. The van der Waals surface area contributed by atoms with Crippen molar-refractivity contribution in [2.24, 2.45) is 17.6 Å². The molecule has 1 aromatic rings. The molecule has 1 rings (SSSR count). The number of hydrogen-bond donors (Lipinski definition) is 6. The fourth-order valence-corrected chi connectivity index (χ4v) is 3.45. The minimum Gasteiger partial charge on any atom is -0.461 e. The van der Waals surface area contributed by atoms with Crippen LogP contribution in [0.25, 0.3) is 0 Å². The largest absolute Gasteiger partial charge is 0.461 e. The molecule has 1 aromatic carbocycles. The highest BCUT2D eigenvalue weighted by atomic mass is 16.5. The van der Waals surface area contributed by atoms with Crippen molar-refractivity contribution >= 4 is 41.2 Å². The van der Waals surface area contributed by atoms with Crippen LogP contribution in [0.2, 0.25) is 0 Å². The number of benzene rings is 1. The number of nitrogens with two attached hydrogens (primary N) is 1. The molecule has 13 heteroatoms. The maximum absolute atomic E-state index is 13.1. The van der Waals surface area contributed by atoms with Gasteiger partial charge in [0.05, 0.1) is 18.4 Å². The molecule has 0 heterocycles. The van der Waals surface area contributed by atoms with Crippen molar-refractivity contribution in [1.82, 2.24) is 21.3 Å². The van der Waals surface area contributed by atoms with Crippen molar-refractivity contribution in [2.75, 3.05) is 12.4 Å². The van der Waals surface area contributed by atoms with Crippen LogP contribution in [0, 0.1) is 11.8 Å². The van der Waals surface area contributed by atoms with Crippen LogP contribution in [-0.2, 0) is 40.1 Å². The lowest BCUT2D eigenvalue weighted by Crippen LogP contribution is -2.57.